The Bertz CT molecular complexity index is 469. The minimum absolute atomic E-state index is 0.0615. The third kappa shape index (κ3) is 1.48. The minimum Gasteiger partial charge on any atom is -0.196 e. The highest BCUT2D eigenvalue weighted by Gasteiger charge is 2.21. The lowest BCUT2D eigenvalue weighted by molar-refractivity contribution is 0.523. The van der Waals surface area contributed by atoms with Crippen molar-refractivity contribution < 1.29 is 0 Å². The zero-order valence-corrected chi connectivity index (χ0v) is 9.29. The van der Waals surface area contributed by atoms with Gasteiger partial charge in [-0.2, -0.15) is 9.61 Å². The molecule has 0 bridgehead atoms. The van der Waals surface area contributed by atoms with Crippen molar-refractivity contribution in [2.24, 2.45) is 0 Å². The zero-order valence-electron chi connectivity index (χ0n) is 8.39. The maximum Gasteiger partial charge on any atom is 0.178 e. The Morgan fingerprint density at radius 1 is 1.21 bits per heavy atom. The molecule has 0 N–H and O–H groups in total. The number of nitrogens with zero attached hydrogens (tertiary/aromatic N) is 4. The van der Waals surface area contributed by atoms with Crippen LogP contribution in [-0.2, 0) is 5.41 Å². The standard InChI is InChI=1S/C9H12N4S/c1-9(2,3)8-11-10-6-4-5-7(14)12-13(6)8/h4-5H,1-3H3,(H,12,14). The van der Waals surface area contributed by atoms with Crippen molar-refractivity contribution >= 4 is 18.3 Å². The van der Waals surface area contributed by atoms with E-state index in [1.54, 1.807) is 10.6 Å². The van der Waals surface area contributed by atoms with Crippen LogP contribution in [0.5, 0.6) is 0 Å². The van der Waals surface area contributed by atoms with Gasteiger partial charge in [-0.05, 0) is 12.1 Å². The summed E-state index contributed by atoms with van der Waals surface area (Å²) < 4.78 is 1.74. The van der Waals surface area contributed by atoms with Crippen molar-refractivity contribution in [3.8, 4) is 0 Å². The molecule has 0 amide bonds. The van der Waals surface area contributed by atoms with Gasteiger partial charge in [0.25, 0.3) is 0 Å². The zero-order chi connectivity index (χ0) is 10.3. The Balaban J connectivity index is 2.73. The lowest BCUT2D eigenvalue weighted by Crippen LogP contribution is -2.17. The fourth-order valence-corrected chi connectivity index (χ4v) is 1.41. The number of thiol groups is 1. The van der Waals surface area contributed by atoms with Gasteiger partial charge < -0.3 is 0 Å². The molecule has 0 radical (unpaired) electrons. The van der Waals surface area contributed by atoms with Crippen LogP contribution in [0.1, 0.15) is 26.6 Å². The molecule has 0 aliphatic rings. The Kier molecular flexibility index (Phi) is 1.99. The molecule has 14 heavy (non-hydrogen) atoms. The van der Waals surface area contributed by atoms with Gasteiger partial charge in [0.05, 0.1) is 0 Å². The van der Waals surface area contributed by atoms with Crippen LogP contribution in [0.15, 0.2) is 17.2 Å². The molecule has 0 atom stereocenters. The van der Waals surface area contributed by atoms with Crippen LogP contribution in [0, 0.1) is 0 Å². The Morgan fingerprint density at radius 2 is 1.93 bits per heavy atom. The molecule has 0 saturated carbocycles. The van der Waals surface area contributed by atoms with E-state index in [1.165, 1.54) is 0 Å². The molecular formula is C9H12N4S. The highest BCUT2D eigenvalue weighted by Crippen LogP contribution is 2.20. The van der Waals surface area contributed by atoms with E-state index in [9.17, 15) is 0 Å². The van der Waals surface area contributed by atoms with Gasteiger partial charge in [0.15, 0.2) is 11.5 Å². The first kappa shape index (κ1) is 9.45. The van der Waals surface area contributed by atoms with E-state index in [4.69, 9.17) is 0 Å². The number of hydrogen-bond donors (Lipinski definition) is 1. The van der Waals surface area contributed by atoms with E-state index in [0.29, 0.717) is 5.03 Å². The van der Waals surface area contributed by atoms with Crippen LogP contribution in [-0.4, -0.2) is 19.8 Å². The summed E-state index contributed by atoms with van der Waals surface area (Å²) >= 11 is 4.19. The van der Waals surface area contributed by atoms with Gasteiger partial charge in [-0.3, -0.25) is 0 Å². The Morgan fingerprint density at radius 3 is 2.57 bits per heavy atom. The molecule has 0 aromatic carbocycles. The SMILES string of the molecule is CC(C)(C)c1nnc2ccc(S)nn12. The molecule has 4 nitrogen and oxygen atoms in total. The van der Waals surface area contributed by atoms with Gasteiger partial charge >= 0.3 is 0 Å². The van der Waals surface area contributed by atoms with Gasteiger partial charge in [0.1, 0.15) is 5.03 Å². The molecule has 2 aromatic rings. The fraction of sp³-hybridized carbons (Fsp3) is 0.444. The van der Waals surface area contributed by atoms with Crippen LogP contribution in [0.25, 0.3) is 5.65 Å². The number of rotatable bonds is 0. The average Bonchev–Trinajstić information content (AvgIpc) is 2.45. The monoisotopic (exact) mass is 208 g/mol. The van der Waals surface area contributed by atoms with E-state index in [0.717, 1.165) is 11.5 Å². The summed E-state index contributed by atoms with van der Waals surface area (Å²) in [5.41, 5.74) is 0.696. The topological polar surface area (TPSA) is 43.1 Å². The van der Waals surface area contributed by atoms with Crippen molar-refractivity contribution in [1.82, 2.24) is 19.8 Å². The predicted octanol–water partition coefficient (Wildman–Crippen LogP) is 1.71. The Labute approximate surface area is 87.8 Å². The summed E-state index contributed by atoms with van der Waals surface area (Å²) in [4.78, 5) is 0. The summed E-state index contributed by atoms with van der Waals surface area (Å²) in [6.45, 7) is 6.24. The van der Waals surface area contributed by atoms with Crippen LogP contribution in [0.3, 0.4) is 0 Å². The van der Waals surface area contributed by atoms with E-state index in [2.05, 4.69) is 48.7 Å². The Hall–Kier alpha value is -1.10. The number of fused-ring (bicyclic) bond motifs is 1. The van der Waals surface area contributed by atoms with Gasteiger partial charge in [-0.15, -0.1) is 22.8 Å². The molecule has 0 unspecified atom stereocenters. The van der Waals surface area contributed by atoms with Gasteiger partial charge in [0, 0.05) is 5.41 Å². The third-order valence-electron chi connectivity index (χ3n) is 1.92. The number of hydrogen-bond acceptors (Lipinski definition) is 4. The van der Waals surface area contributed by atoms with E-state index in [-0.39, 0.29) is 5.41 Å². The van der Waals surface area contributed by atoms with Crippen LogP contribution < -0.4 is 0 Å². The van der Waals surface area contributed by atoms with E-state index in [1.807, 2.05) is 6.07 Å². The highest BCUT2D eigenvalue weighted by atomic mass is 32.1. The summed E-state index contributed by atoms with van der Waals surface area (Å²) in [6, 6.07) is 3.66. The molecular weight excluding hydrogens is 196 g/mol. The summed E-state index contributed by atoms with van der Waals surface area (Å²) in [5, 5.41) is 13.1. The second-order valence-electron chi connectivity index (χ2n) is 4.24. The lowest BCUT2D eigenvalue weighted by atomic mass is 9.96. The first-order valence-corrected chi connectivity index (χ1v) is 4.85. The first-order valence-electron chi connectivity index (χ1n) is 4.40. The molecule has 0 saturated heterocycles. The molecule has 0 spiro atoms. The third-order valence-corrected chi connectivity index (χ3v) is 2.16. The van der Waals surface area contributed by atoms with E-state index >= 15 is 0 Å². The summed E-state index contributed by atoms with van der Waals surface area (Å²) in [5.74, 6) is 0.850. The molecule has 2 aromatic heterocycles. The van der Waals surface area contributed by atoms with Crippen molar-refractivity contribution in [2.75, 3.05) is 0 Å². The smallest absolute Gasteiger partial charge is 0.178 e. The van der Waals surface area contributed by atoms with E-state index < -0.39 is 0 Å². The van der Waals surface area contributed by atoms with Crippen molar-refractivity contribution in [3.05, 3.63) is 18.0 Å². The summed E-state index contributed by atoms with van der Waals surface area (Å²) in [7, 11) is 0. The van der Waals surface area contributed by atoms with Crippen LogP contribution in [0.4, 0.5) is 0 Å². The molecule has 74 valence electrons. The van der Waals surface area contributed by atoms with Crippen LogP contribution >= 0.6 is 12.6 Å². The minimum atomic E-state index is -0.0615. The normalized spacial score (nSPS) is 12.3. The summed E-state index contributed by atoms with van der Waals surface area (Å²) in [6.07, 6.45) is 0. The van der Waals surface area contributed by atoms with Crippen molar-refractivity contribution in [1.29, 1.82) is 0 Å². The fourth-order valence-electron chi connectivity index (χ4n) is 1.25. The number of aromatic nitrogens is 4. The molecule has 0 aliphatic heterocycles. The molecule has 0 fully saturated rings. The maximum atomic E-state index is 4.26. The van der Waals surface area contributed by atoms with Gasteiger partial charge in [-0.25, -0.2) is 0 Å². The lowest BCUT2D eigenvalue weighted by Gasteiger charge is -2.14. The highest BCUT2D eigenvalue weighted by molar-refractivity contribution is 7.80. The quantitative estimate of drug-likeness (QED) is 0.670. The molecule has 0 aliphatic carbocycles. The van der Waals surface area contributed by atoms with Crippen molar-refractivity contribution in [3.63, 3.8) is 0 Å². The molecule has 5 heteroatoms. The first-order chi connectivity index (χ1) is 6.48. The average molecular weight is 208 g/mol. The largest absolute Gasteiger partial charge is 0.196 e. The van der Waals surface area contributed by atoms with Gasteiger partial charge in [-0.1, -0.05) is 20.8 Å². The molecule has 2 rings (SSSR count). The second-order valence-corrected chi connectivity index (χ2v) is 4.69. The molecule has 2 heterocycles. The van der Waals surface area contributed by atoms with Crippen molar-refractivity contribution in [2.45, 2.75) is 31.2 Å². The predicted molar refractivity (Wildman–Crippen MR) is 56.7 cm³/mol. The van der Waals surface area contributed by atoms with Crippen LogP contribution in [0.2, 0.25) is 0 Å². The second kappa shape index (κ2) is 2.95. The van der Waals surface area contributed by atoms with Gasteiger partial charge in [0.2, 0.25) is 0 Å². The maximum absolute atomic E-state index is 4.26.